The van der Waals surface area contributed by atoms with E-state index in [9.17, 15) is 14.7 Å². The first-order valence-electron chi connectivity index (χ1n) is 7.62. The Balaban J connectivity index is 0.00000243. The molecule has 136 valence electrons. The molecule has 1 aromatic heterocycles. The lowest BCUT2D eigenvalue weighted by atomic mass is 10.1. The third-order valence-electron chi connectivity index (χ3n) is 4.16. The van der Waals surface area contributed by atoms with Gasteiger partial charge < -0.3 is 9.84 Å². The first-order chi connectivity index (χ1) is 11.9. The fourth-order valence-electron chi connectivity index (χ4n) is 2.95. The van der Waals surface area contributed by atoms with E-state index in [4.69, 9.17) is 16.3 Å². The van der Waals surface area contributed by atoms with Crippen LogP contribution in [0.3, 0.4) is 0 Å². The van der Waals surface area contributed by atoms with E-state index in [1.165, 1.54) is 4.57 Å². The molecule has 3 rings (SSSR count). The number of rotatable bonds is 4. The molecule has 3 aromatic rings. The lowest BCUT2D eigenvalue weighted by molar-refractivity contribution is -0.136. The van der Waals surface area contributed by atoms with Gasteiger partial charge in [0.1, 0.15) is 5.75 Å². The molecule has 5 nitrogen and oxygen atoms in total. The molecule has 0 aliphatic carbocycles. The van der Waals surface area contributed by atoms with Gasteiger partial charge in [0.25, 0.3) is 5.91 Å². The third-order valence-corrected chi connectivity index (χ3v) is 4.42. The number of carbonyl (C=O) groups excluding carboxylic acids is 1. The SMILES string of the molecule is COc1ccc2c(c1)c(CC(=O)O)c(C)n2C(=O)c1ccc(Cl)cc1.P. The van der Waals surface area contributed by atoms with Gasteiger partial charge in [-0.15, -0.1) is 0 Å². The average molecular weight is 392 g/mol. The second kappa shape index (κ2) is 7.90. The molecule has 0 fully saturated rings. The van der Waals surface area contributed by atoms with Gasteiger partial charge >= 0.3 is 5.97 Å². The Labute approximate surface area is 159 Å². The zero-order valence-electron chi connectivity index (χ0n) is 14.5. The van der Waals surface area contributed by atoms with Crippen LogP contribution in [0.5, 0.6) is 5.75 Å². The number of carboxylic acids is 1. The minimum atomic E-state index is -0.955. The first kappa shape index (κ1) is 20.0. The second-order valence-corrected chi connectivity index (χ2v) is 6.10. The summed E-state index contributed by atoms with van der Waals surface area (Å²) < 4.78 is 6.77. The number of fused-ring (bicyclic) bond motifs is 1. The topological polar surface area (TPSA) is 68.5 Å². The van der Waals surface area contributed by atoms with Crippen molar-refractivity contribution in [2.75, 3.05) is 7.11 Å². The fraction of sp³-hybridized carbons (Fsp3) is 0.158. The van der Waals surface area contributed by atoms with Gasteiger partial charge in [0.2, 0.25) is 0 Å². The second-order valence-electron chi connectivity index (χ2n) is 5.67. The number of carbonyl (C=O) groups is 2. The van der Waals surface area contributed by atoms with Crippen molar-refractivity contribution in [3.8, 4) is 5.75 Å². The Morgan fingerprint density at radius 1 is 1.15 bits per heavy atom. The largest absolute Gasteiger partial charge is 0.497 e. The Hall–Kier alpha value is -2.36. The molecular weight excluding hydrogens is 373 g/mol. The molecule has 1 N–H and O–H groups in total. The number of nitrogens with zero attached hydrogens (tertiary/aromatic N) is 1. The molecule has 0 aliphatic rings. The van der Waals surface area contributed by atoms with Crippen molar-refractivity contribution in [3.05, 3.63) is 64.3 Å². The van der Waals surface area contributed by atoms with Gasteiger partial charge in [-0.1, -0.05) is 11.6 Å². The molecule has 26 heavy (non-hydrogen) atoms. The maximum Gasteiger partial charge on any atom is 0.307 e. The number of halogens is 1. The molecule has 0 bridgehead atoms. The monoisotopic (exact) mass is 391 g/mol. The van der Waals surface area contributed by atoms with Crippen molar-refractivity contribution in [2.45, 2.75) is 13.3 Å². The van der Waals surface area contributed by atoms with Gasteiger partial charge in [0.15, 0.2) is 0 Å². The van der Waals surface area contributed by atoms with Crippen molar-refractivity contribution in [1.82, 2.24) is 4.57 Å². The standard InChI is InChI=1S/C19H16ClNO4.H3P/c1-11-15(10-18(22)23)16-9-14(25-2)7-8-17(16)21(11)19(24)12-3-5-13(20)6-4-12;/h3-9H,10H2,1-2H3,(H,22,23);1H3. The highest BCUT2D eigenvalue weighted by Gasteiger charge is 2.21. The molecule has 0 aliphatic heterocycles. The van der Waals surface area contributed by atoms with E-state index in [0.29, 0.717) is 38.5 Å². The molecule has 0 spiro atoms. The van der Waals surface area contributed by atoms with Crippen LogP contribution in [0.25, 0.3) is 10.9 Å². The molecule has 0 amide bonds. The first-order valence-corrected chi connectivity index (χ1v) is 8.00. The summed E-state index contributed by atoms with van der Waals surface area (Å²) in [7, 11) is 1.54. The van der Waals surface area contributed by atoms with Crippen molar-refractivity contribution in [3.63, 3.8) is 0 Å². The van der Waals surface area contributed by atoms with Crippen molar-refractivity contribution in [2.24, 2.45) is 0 Å². The molecular formula is C19H19ClNO4P. The van der Waals surface area contributed by atoms with Crippen LogP contribution in [0.15, 0.2) is 42.5 Å². The van der Waals surface area contributed by atoms with E-state index in [0.717, 1.165) is 0 Å². The predicted octanol–water partition coefficient (Wildman–Crippen LogP) is 3.99. The minimum absolute atomic E-state index is 0. The molecule has 2 aromatic carbocycles. The number of ether oxygens (including phenoxy) is 1. The number of hydrogen-bond donors (Lipinski definition) is 1. The maximum absolute atomic E-state index is 13.0. The number of carboxylic acid groups (broad SMARTS) is 1. The van der Waals surface area contributed by atoms with Crippen LogP contribution in [0.2, 0.25) is 5.02 Å². The molecule has 1 atom stereocenters. The van der Waals surface area contributed by atoms with Crippen LogP contribution in [0.1, 0.15) is 21.6 Å². The van der Waals surface area contributed by atoms with Gasteiger partial charge in [0.05, 0.1) is 19.0 Å². The zero-order chi connectivity index (χ0) is 18.1. The van der Waals surface area contributed by atoms with E-state index < -0.39 is 5.97 Å². The van der Waals surface area contributed by atoms with Crippen LogP contribution in [-0.2, 0) is 11.2 Å². The molecule has 0 saturated heterocycles. The van der Waals surface area contributed by atoms with Crippen LogP contribution >= 0.6 is 21.5 Å². The zero-order valence-corrected chi connectivity index (χ0v) is 16.6. The number of methoxy groups -OCH3 is 1. The summed E-state index contributed by atoms with van der Waals surface area (Å²) in [5.41, 5.74) is 2.32. The molecule has 1 unspecified atom stereocenters. The maximum atomic E-state index is 13.0. The summed E-state index contributed by atoms with van der Waals surface area (Å²) in [6.07, 6.45) is -0.170. The van der Waals surface area contributed by atoms with E-state index in [-0.39, 0.29) is 22.2 Å². The number of aliphatic carboxylic acids is 1. The fourth-order valence-corrected chi connectivity index (χ4v) is 3.07. The summed E-state index contributed by atoms with van der Waals surface area (Å²) in [6.45, 7) is 1.75. The summed E-state index contributed by atoms with van der Waals surface area (Å²) >= 11 is 5.89. The highest BCUT2D eigenvalue weighted by atomic mass is 35.5. The highest BCUT2D eigenvalue weighted by Crippen LogP contribution is 2.30. The van der Waals surface area contributed by atoms with Crippen LogP contribution < -0.4 is 4.74 Å². The Kier molecular flexibility index (Phi) is 6.06. The normalized spacial score (nSPS) is 10.4. The number of benzene rings is 2. The summed E-state index contributed by atoms with van der Waals surface area (Å²) in [6, 6.07) is 11.9. The Bertz CT molecular complexity index is 979. The average Bonchev–Trinajstić information content (AvgIpc) is 2.86. The van der Waals surface area contributed by atoms with E-state index in [1.54, 1.807) is 56.5 Å². The van der Waals surface area contributed by atoms with Crippen LogP contribution in [-0.4, -0.2) is 28.7 Å². The smallest absolute Gasteiger partial charge is 0.307 e. The van der Waals surface area contributed by atoms with Crippen LogP contribution in [0.4, 0.5) is 0 Å². The van der Waals surface area contributed by atoms with Gasteiger partial charge in [-0.2, -0.15) is 9.90 Å². The van der Waals surface area contributed by atoms with Gasteiger partial charge in [-0.05, 0) is 55.0 Å². The molecule has 7 heteroatoms. The van der Waals surface area contributed by atoms with Crippen molar-refractivity contribution in [1.29, 1.82) is 0 Å². The number of hydrogen-bond acceptors (Lipinski definition) is 3. The minimum Gasteiger partial charge on any atom is -0.497 e. The van der Waals surface area contributed by atoms with E-state index in [2.05, 4.69) is 0 Å². The van der Waals surface area contributed by atoms with Crippen LogP contribution in [0, 0.1) is 6.92 Å². The predicted molar refractivity (Wildman–Crippen MR) is 107 cm³/mol. The summed E-state index contributed by atoms with van der Waals surface area (Å²) in [4.78, 5) is 24.3. The lowest BCUT2D eigenvalue weighted by Gasteiger charge is -2.08. The quantitative estimate of drug-likeness (QED) is 0.683. The molecule has 1 heterocycles. The number of aromatic nitrogens is 1. The van der Waals surface area contributed by atoms with E-state index >= 15 is 0 Å². The van der Waals surface area contributed by atoms with Gasteiger partial charge in [-0.3, -0.25) is 14.2 Å². The summed E-state index contributed by atoms with van der Waals surface area (Å²) in [5.74, 6) is -0.583. The van der Waals surface area contributed by atoms with Gasteiger partial charge in [-0.25, -0.2) is 0 Å². The van der Waals surface area contributed by atoms with E-state index in [1.807, 2.05) is 0 Å². The lowest BCUT2D eigenvalue weighted by Crippen LogP contribution is -2.14. The summed E-state index contributed by atoms with van der Waals surface area (Å²) in [5, 5.41) is 10.5. The highest BCUT2D eigenvalue weighted by molar-refractivity contribution is 6.92. The Morgan fingerprint density at radius 2 is 1.81 bits per heavy atom. The molecule has 0 radical (unpaired) electrons. The van der Waals surface area contributed by atoms with Crippen molar-refractivity contribution < 1.29 is 19.4 Å². The molecule has 0 saturated carbocycles. The third kappa shape index (κ3) is 3.59. The van der Waals surface area contributed by atoms with Gasteiger partial charge in [0, 0.05) is 21.7 Å². The Morgan fingerprint density at radius 3 is 2.38 bits per heavy atom. The van der Waals surface area contributed by atoms with Crippen molar-refractivity contribution >= 4 is 44.3 Å².